The van der Waals surface area contributed by atoms with Crippen molar-refractivity contribution in [3.05, 3.63) is 65.0 Å². The molecule has 8 nitrogen and oxygen atoms in total. The number of nitrogen functional groups attached to an aromatic ring is 2. The van der Waals surface area contributed by atoms with Gasteiger partial charge in [0.05, 0.1) is 13.3 Å². The van der Waals surface area contributed by atoms with Gasteiger partial charge < -0.3 is 20.6 Å². The summed E-state index contributed by atoms with van der Waals surface area (Å²) in [5.74, 6) is 0.834. The van der Waals surface area contributed by atoms with Gasteiger partial charge in [-0.15, -0.1) is 0 Å². The average Bonchev–Trinajstić information content (AvgIpc) is 3.29. The van der Waals surface area contributed by atoms with E-state index in [0.29, 0.717) is 34.1 Å². The summed E-state index contributed by atoms with van der Waals surface area (Å²) >= 11 is 0. The summed E-state index contributed by atoms with van der Waals surface area (Å²) in [5, 5.41) is 16.7. The maximum Gasteiger partial charge on any atom is 0.231 e. The van der Waals surface area contributed by atoms with Gasteiger partial charge in [0, 0.05) is 22.6 Å². The molecule has 2 aromatic heterocycles. The second-order valence-corrected chi connectivity index (χ2v) is 6.56. The molecule has 0 unspecified atom stereocenters. The van der Waals surface area contributed by atoms with Crippen LogP contribution in [0.3, 0.4) is 0 Å². The molecule has 0 amide bonds. The quantitative estimate of drug-likeness (QED) is 0.459. The number of ether oxygens (including phenoxy) is 1. The molecular weight excluding hydrogens is 368 g/mol. The van der Waals surface area contributed by atoms with Crippen LogP contribution < -0.4 is 16.2 Å². The van der Waals surface area contributed by atoms with Crippen molar-refractivity contribution in [3.8, 4) is 11.9 Å². The topological polar surface area (TPSA) is 148 Å². The minimum Gasteiger partial charge on any atom is -0.480 e. The van der Waals surface area contributed by atoms with Gasteiger partial charge in [-0.25, -0.2) is 9.97 Å². The summed E-state index contributed by atoms with van der Waals surface area (Å²) in [6, 6.07) is 9.01. The Bertz CT molecular complexity index is 1050. The van der Waals surface area contributed by atoms with E-state index >= 15 is 0 Å². The lowest BCUT2D eigenvalue weighted by atomic mass is 9.95. The molecular formula is C21H22N6O2. The number of fused-ring (bicyclic) bond motifs is 1. The van der Waals surface area contributed by atoms with Gasteiger partial charge in [-0.2, -0.15) is 5.26 Å². The zero-order valence-electron chi connectivity index (χ0n) is 16.1. The number of aromatic nitrogens is 2. The van der Waals surface area contributed by atoms with Gasteiger partial charge in [-0.3, -0.25) is 5.41 Å². The summed E-state index contributed by atoms with van der Waals surface area (Å²) in [4.78, 5) is 8.10. The van der Waals surface area contributed by atoms with Crippen LogP contribution in [0, 0.1) is 16.7 Å². The molecule has 0 radical (unpaired) electrons. The molecule has 2 heterocycles. The number of benzene rings is 1. The van der Waals surface area contributed by atoms with E-state index in [2.05, 4.69) is 16.0 Å². The Morgan fingerprint density at radius 2 is 2.03 bits per heavy atom. The zero-order valence-corrected chi connectivity index (χ0v) is 16.1. The van der Waals surface area contributed by atoms with Crippen molar-refractivity contribution in [2.24, 2.45) is 0 Å². The van der Waals surface area contributed by atoms with Crippen LogP contribution in [0.5, 0.6) is 5.88 Å². The molecule has 0 spiro atoms. The van der Waals surface area contributed by atoms with Crippen LogP contribution in [-0.2, 0) is 12.8 Å². The lowest BCUT2D eigenvalue weighted by Gasteiger charge is -2.15. The summed E-state index contributed by atoms with van der Waals surface area (Å²) < 4.78 is 10.1. The van der Waals surface area contributed by atoms with Gasteiger partial charge in [0.1, 0.15) is 17.3 Å². The molecule has 148 valence electrons. The average molecular weight is 390 g/mol. The van der Waals surface area contributed by atoms with Gasteiger partial charge >= 0.3 is 0 Å². The number of nitrogens with one attached hydrogen (secondary N) is 1. The molecule has 0 saturated heterocycles. The van der Waals surface area contributed by atoms with Crippen molar-refractivity contribution in [1.29, 1.82) is 10.7 Å². The van der Waals surface area contributed by atoms with Crippen LogP contribution in [0.4, 0.5) is 11.4 Å². The highest BCUT2D eigenvalue weighted by molar-refractivity contribution is 6.12. The SMILES string of the molecule is COc1nc2c(cc1C#N)CCCC2.N=C(c1cnco1)c1cc(N)ccc1N. The molecule has 5 N–H and O–H groups in total. The Hall–Kier alpha value is -3.86. The first-order valence-electron chi connectivity index (χ1n) is 9.13. The summed E-state index contributed by atoms with van der Waals surface area (Å²) in [6.45, 7) is 0. The van der Waals surface area contributed by atoms with Crippen molar-refractivity contribution in [2.75, 3.05) is 18.6 Å². The molecule has 0 fully saturated rings. The number of aryl methyl sites for hydroxylation is 2. The van der Waals surface area contributed by atoms with Gasteiger partial charge in [0.25, 0.3) is 0 Å². The van der Waals surface area contributed by atoms with E-state index in [0.717, 1.165) is 18.5 Å². The van der Waals surface area contributed by atoms with Gasteiger partial charge in [-0.1, -0.05) is 0 Å². The number of rotatable bonds is 3. The fourth-order valence-corrected chi connectivity index (χ4v) is 3.11. The number of anilines is 2. The molecule has 1 aliphatic carbocycles. The van der Waals surface area contributed by atoms with Gasteiger partial charge in [0.2, 0.25) is 5.88 Å². The highest BCUT2D eigenvalue weighted by Gasteiger charge is 2.15. The van der Waals surface area contributed by atoms with E-state index in [1.54, 1.807) is 25.3 Å². The maximum atomic E-state index is 8.88. The number of nitrogens with zero attached hydrogens (tertiary/aromatic N) is 3. The fourth-order valence-electron chi connectivity index (χ4n) is 3.11. The molecule has 1 aromatic carbocycles. The number of nitrogens with two attached hydrogens (primary N) is 2. The minimum absolute atomic E-state index is 0.178. The van der Waals surface area contributed by atoms with Crippen LogP contribution in [0.1, 0.15) is 41.0 Å². The van der Waals surface area contributed by atoms with Crippen molar-refractivity contribution in [1.82, 2.24) is 9.97 Å². The van der Waals surface area contributed by atoms with Crippen molar-refractivity contribution < 1.29 is 9.15 Å². The predicted molar refractivity (Wildman–Crippen MR) is 110 cm³/mol. The largest absolute Gasteiger partial charge is 0.480 e. The number of hydrogen-bond acceptors (Lipinski definition) is 8. The van der Waals surface area contributed by atoms with Crippen LogP contribution >= 0.6 is 0 Å². The molecule has 0 saturated carbocycles. The molecule has 0 atom stereocenters. The first kappa shape index (κ1) is 19.9. The van der Waals surface area contributed by atoms with Crippen LogP contribution in [0.15, 0.2) is 41.3 Å². The zero-order chi connectivity index (χ0) is 20.8. The lowest BCUT2D eigenvalue weighted by molar-refractivity contribution is 0.393. The molecule has 4 rings (SSSR count). The second-order valence-electron chi connectivity index (χ2n) is 6.56. The monoisotopic (exact) mass is 390 g/mol. The Morgan fingerprint density at radius 3 is 2.72 bits per heavy atom. The molecule has 0 aliphatic heterocycles. The lowest BCUT2D eigenvalue weighted by Crippen LogP contribution is -2.07. The standard InChI is InChI=1S/C11H12N2O.C10H10N4O/c1-14-11-9(7-12)6-8-4-2-3-5-10(8)13-11;11-6-1-2-8(12)7(3-6)10(13)9-4-14-5-15-9/h6H,2-5H2,1H3;1-5,13H,11-12H2. The van der Waals surface area contributed by atoms with E-state index in [1.807, 2.05) is 6.07 Å². The highest BCUT2D eigenvalue weighted by atomic mass is 16.5. The molecule has 0 bridgehead atoms. The summed E-state index contributed by atoms with van der Waals surface area (Å²) in [7, 11) is 1.55. The van der Waals surface area contributed by atoms with Crippen molar-refractivity contribution >= 4 is 17.1 Å². The molecule has 3 aromatic rings. The first-order chi connectivity index (χ1) is 14.0. The van der Waals surface area contributed by atoms with Crippen LogP contribution in [-0.4, -0.2) is 22.8 Å². The minimum atomic E-state index is 0.178. The Balaban J connectivity index is 0.000000166. The molecule has 1 aliphatic rings. The summed E-state index contributed by atoms with van der Waals surface area (Å²) in [5.41, 5.74) is 16.0. The van der Waals surface area contributed by atoms with Gasteiger partial charge in [0.15, 0.2) is 12.2 Å². The van der Waals surface area contributed by atoms with E-state index in [-0.39, 0.29) is 5.71 Å². The number of nitriles is 1. The molecule has 29 heavy (non-hydrogen) atoms. The molecule has 8 heteroatoms. The number of pyridine rings is 1. The van der Waals surface area contributed by atoms with E-state index in [1.165, 1.54) is 31.0 Å². The number of hydrogen-bond donors (Lipinski definition) is 3. The number of methoxy groups -OCH3 is 1. The normalized spacial score (nSPS) is 12.1. The third-order valence-electron chi connectivity index (χ3n) is 4.61. The Kier molecular flexibility index (Phi) is 6.09. The van der Waals surface area contributed by atoms with Crippen molar-refractivity contribution in [3.63, 3.8) is 0 Å². The first-order valence-corrected chi connectivity index (χ1v) is 9.13. The number of oxazole rings is 1. The van der Waals surface area contributed by atoms with E-state index in [4.69, 9.17) is 31.3 Å². The maximum absolute atomic E-state index is 8.88. The third-order valence-corrected chi connectivity index (χ3v) is 4.61. The van der Waals surface area contributed by atoms with Crippen LogP contribution in [0.2, 0.25) is 0 Å². The smallest absolute Gasteiger partial charge is 0.231 e. The fraction of sp³-hybridized carbons (Fsp3) is 0.238. The third kappa shape index (κ3) is 4.52. The highest BCUT2D eigenvalue weighted by Crippen LogP contribution is 2.25. The predicted octanol–water partition coefficient (Wildman–Crippen LogP) is 3.10. The second kappa shape index (κ2) is 8.89. The van der Waals surface area contributed by atoms with Crippen molar-refractivity contribution in [2.45, 2.75) is 25.7 Å². The Labute approximate surface area is 168 Å². The van der Waals surface area contributed by atoms with E-state index < -0.39 is 0 Å². The Morgan fingerprint density at radius 1 is 1.24 bits per heavy atom. The van der Waals surface area contributed by atoms with E-state index in [9.17, 15) is 0 Å². The summed E-state index contributed by atoms with van der Waals surface area (Å²) in [6.07, 6.45) is 7.18. The van der Waals surface area contributed by atoms with Crippen LogP contribution in [0.25, 0.3) is 0 Å². The van der Waals surface area contributed by atoms with Gasteiger partial charge in [-0.05, 0) is 55.5 Å².